The Hall–Kier alpha value is -3.40. The number of anilines is 1. The van der Waals surface area contributed by atoms with Crippen LogP contribution in [0.25, 0.3) is 5.82 Å². The molecule has 4 rings (SSSR count). The first-order valence-corrected chi connectivity index (χ1v) is 12.3. The SMILES string of the molecule is CN1OCC(NC(=O)c2cc(Cl)cc(Br)c2NC(=O)c2cc(OCC(F)(F)F)nn2-c2ncccc2Cl)C1=O. The third kappa shape index (κ3) is 6.61. The highest BCUT2D eigenvalue weighted by molar-refractivity contribution is 9.10. The molecule has 2 N–H and O–H groups in total. The number of hydrogen-bond donors (Lipinski definition) is 2. The maximum Gasteiger partial charge on any atom is 0.422 e. The van der Waals surface area contributed by atoms with Gasteiger partial charge >= 0.3 is 6.18 Å². The highest BCUT2D eigenvalue weighted by Gasteiger charge is 2.33. The fraction of sp³-hybridized carbons (Fsp3) is 0.227. The number of nitrogens with one attached hydrogen (secondary N) is 2. The lowest BCUT2D eigenvalue weighted by Gasteiger charge is -2.16. The van der Waals surface area contributed by atoms with Crippen LogP contribution in [0.4, 0.5) is 18.9 Å². The van der Waals surface area contributed by atoms with E-state index in [9.17, 15) is 27.6 Å². The molecule has 39 heavy (non-hydrogen) atoms. The number of aromatic nitrogens is 3. The first-order chi connectivity index (χ1) is 18.3. The van der Waals surface area contributed by atoms with Gasteiger partial charge in [0.05, 0.1) is 16.3 Å². The monoisotopic (exact) mass is 650 g/mol. The summed E-state index contributed by atoms with van der Waals surface area (Å²) in [5.74, 6) is -2.76. The quantitative estimate of drug-likeness (QED) is 0.395. The molecule has 1 fully saturated rings. The molecule has 206 valence electrons. The molecule has 0 spiro atoms. The predicted octanol–water partition coefficient (Wildman–Crippen LogP) is 4.03. The highest BCUT2D eigenvalue weighted by Crippen LogP contribution is 2.32. The summed E-state index contributed by atoms with van der Waals surface area (Å²) in [5, 5.41) is 10.1. The minimum Gasteiger partial charge on any atom is -0.467 e. The molecule has 17 heteroatoms. The predicted molar refractivity (Wildman–Crippen MR) is 135 cm³/mol. The number of ether oxygens (including phenoxy) is 1. The maximum atomic E-state index is 13.4. The Kier molecular flexibility index (Phi) is 8.34. The van der Waals surface area contributed by atoms with Crippen molar-refractivity contribution in [2.75, 3.05) is 25.6 Å². The minimum atomic E-state index is -4.66. The summed E-state index contributed by atoms with van der Waals surface area (Å²) >= 11 is 15.5. The van der Waals surface area contributed by atoms with E-state index >= 15 is 0 Å². The van der Waals surface area contributed by atoms with Gasteiger partial charge < -0.3 is 15.4 Å². The van der Waals surface area contributed by atoms with Crippen LogP contribution < -0.4 is 15.4 Å². The van der Waals surface area contributed by atoms with Gasteiger partial charge in [-0.25, -0.2) is 14.7 Å². The van der Waals surface area contributed by atoms with Crippen molar-refractivity contribution in [2.24, 2.45) is 0 Å². The number of nitrogens with zero attached hydrogens (tertiary/aromatic N) is 4. The number of rotatable bonds is 7. The van der Waals surface area contributed by atoms with Crippen LogP contribution >= 0.6 is 39.1 Å². The van der Waals surface area contributed by atoms with Crippen LogP contribution in [0.3, 0.4) is 0 Å². The molecular weight excluding hydrogens is 636 g/mol. The van der Waals surface area contributed by atoms with E-state index in [2.05, 4.69) is 36.6 Å². The van der Waals surface area contributed by atoms with E-state index in [1.165, 1.54) is 37.5 Å². The molecule has 0 radical (unpaired) electrons. The molecule has 3 aromatic rings. The number of amides is 3. The molecule has 3 heterocycles. The molecule has 3 amide bonds. The molecule has 0 aliphatic carbocycles. The molecule has 0 bridgehead atoms. The third-order valence-electron chi connectivity index (χ3n) is 5.13. The van der Waals surface area contributed by atoms with Gasteiger partial charge in [-0.15, -0.1) is 5.10 Å². The van der Waals surface area contributed by atoms with Crippen molar-refractivity contribution in [2.45, 2.75) is 12.2 Å². The summed E-state index contributed by atoms with van der Waals surface area (Å²) in [5.41, 5.74) is -0.498. The summed E-state index contributed by atoms with van der Waals surface area (Å²) in [7, 11) is 1.39. The highest BCUT2D eigenvalue weighted by atomic mass is 79.9. The summed E-state index contributed by atoms with van der Waals surface area (Å²) in [6.07, 6.45) is -3.32. The van der Waals surface area contributed by atoms with Gasteiger partial charge in [0.2, 0.25) is 5.88 Å². The normalized spacial score (nSPS) is 15.4. The third-order valence-corrected chi connectivity index (χ3v) is 6.27. The van der Waals surface area contributed by atoms with Crippen LogP contribution in [0.1, 0.15) is 20.8 Å². The molecule has 1 aliphatic heterocycles. The smallest absolute Gasteiger partial charge is 0.422 e. The van der Waals surface area contributed by atoms with Gasteiger partial charge in [-0.05, 0) is 40.2 Å². The molecule has 1 saturated heterocycles. The fourth-order valence-corrected chi connectivity index (χ4v) is 4.49. The van der Waals surface area contributed by atoms with Crippen molar-refractivity contribution in [3.8, 4) is 11.7 Å². The summed E-state index contributed by atoms with van der Waals surface area (Å²) in [6.45, 7) is -1.76. The van der Waals surface area contributed by atoms with E-state index in [-0.39, 0.29) is 43.9 Å². The number of carbonyl (C=O) groups excluding carboxylic acids is 3. The number of benzene rings is 1. The Morgan fingerprint density at radius 3 is 2.64 bits per heavy atom. The second kappa shape index (κ2) is 11.4. The van der Waals surface area contributed by atoms with E-state index < -0.39 is 42.4 Å². The number of alkyl halides is 3. The van der Waals surface area contributed by atoms with Gasteiger partial charge in [0.25, 0.3) is 17.7 Å². The summed E-state index contributed by atoms with van der Waals surface area (Å²) < 4.78 is 43.9. The van der Waals surface area contributed by atoms with Gasteiger partial charge in [0.1, 0.15) is 18.3 Å². The Morgan fingerprint density at radius 1 is 1.26 bits per heavy atom. The zero-order valence-electron chi connectivity index (χ0n) is 19.6. The zero-order chi connectivity index (χ0) is 28.5. The molecule has 1 aromatic carbocycles. The van der Waals surface area contributed by atoms with Crippen LogP contribution in [0.2, 0.25) is 10.0 Å². The lowest BCUT2D eigenvalue weighted by atomic mass is 10.1. The largest absolute Gasteiger partial charge is 0.467 e. The van der Waals surface area contributed by atoms with E-state index in [1.807, 2.05) is 0 Å². The summed E-state index contributed by atoms with van der Waals surface area (Å²) in [4.78, 5) is 47.7. The number of halogens is 6. The zero-order valence-corrected chi connectivity index (χ0v) is 22.7. The number of carbonyl (C=O) groups is 3. The first-order valence-electron chi connectivity index (χ1n) is 10.8. The molecular formula is C22H16BrCl2F3N6O5. The van der Waals surface area contributed by atoms with Crippen molar-refractivity contribution < 1.29 is 37.1 Å². The lowest BCUT2D eigenvalue weighted by molar-refractivity contribution is -0.155. The van der Waals surface area contributed by atoms with Gasteiger partial charge in [-0.2, -0.15) is 13.2 Å². The number of hydroxylamine groups is 2. The van der Waals surface area contributed by atoms with E-state index in [0.717, 1.165) is 15.8 Å². The van der Waals surface area contributed by atoms with Crippen LogP contribution in [-0.2, 0) is 9.63 Å². The van der Waals surface area contributed by atoms with Gasteiger partial charge in [0, 0.05) is 28.8 Å². The van der Waals surface area contributed by atoms with Crippen molar-refractivity contribution in [1.82, 2.24) is 25.1 Å². The van der Waals surface area contributed by atoms with Crippen LogP contribution in [-0.4, -0.2) is 70.0 Å². The van der Waals surface area contributed by atoms with Crippen molar-refractivity contribution >= 4 is 62.5 Å². The topological polar surface area (TPSA) is 128 Å². The van der Waals surface area contributed by atoms with Crippen molar-refractivity contribution in [3.63, 3.8) is 0 Å². The molecule has 1 unspecified atom stereocenters. The molecule has 0 saturated carbocycles. The average Bonchev–Trinajstić information content (AvgIpc) is 3.43. The van der Waals surface area contributed by atoms with Crippen LogP contribution in [0.5, 0.6) is 5.88 Å². The Morgan fingerprint density at radius 2 is 2.00 bits per heavy atom. The standard InChI is InChI=1S/C22H16BrCl2F3N6O5/c1-33-21(37)14(8-39-33)30-19(35)11-5-10(24)6-12(23)17(11)31-20(36)15-7-16(38-9-22(26,27)28)32-34(15)18-13(25)3-2-4-29-18/h2-7,14H,8-9H2,1H3,(H,30,35)(H,31,36). The second-order valence-corrected chi connectivity index (χ2v) is 9.61. The van der Waals surface area contributed by atoms with Gasteiger partial charge in [0.15, 0.2) is 12.4 Å². The van der Waals surface area contributed by atoms with E-state index in [4.69, 9.17) is 32.8 Å². The first kappa shape index (κ1) is 28.6. The minimum absolute atomic E-state index is 0.0400. The number of pyridine rings is 1. The Labute approximate surface area is 236 Å². The Bertz CT molecular complexity index is 1450. The number of hydrogen-bond acceptors (Lipinski definition) is 7. The molecule has 2 aromatic heterocycles. The lowest BCUT2D eigenvalue weighted by Crippen LogP contribution is -2.42. The van der Waals surface area contributed by atoms with E-state index in [1.54, 1.807) is 0 Å². The Balaban J connectivity index is 1.68. The summed E-state index contributed by atoms with van der Waals surface area (Å²) in [6, 6.07) is 5.57. The maximum absolute atomic E-state index is 13.4. The van der Waals surface area contributed by atoms with Gasteiger partial charge in [-0.3, -0.25) is 19.2 Å². The second-order valence-electron chi connectivity index (χ2n) is 7.91. The molecule has 11 nitrogen and oxygen atoms in total. The fourth-order valence-electron chi connectivity index (χ4n) is 3.38. The van der Waals surface area contributed by atoms with Crippen LogP contribution in [0, 0.1) is 0 Å². The van der Waals surface area contributed by atoms with E-state index in [0.29, 0.717) is 0 Å². The molecule has 1 atom stereocenters. The number of likely N-dealkylation sites (N-methyl/N-ethyl adjacent to an activating group) is 1. The van der Waals surface area contributed by atoms with Crippen molar-refractivity contribution in [3.05, 3.63) is 62.3 Å². The van der Waals surface area contributed by atoms with Gasteiger partial charge in [-0.1, -0.05) is 23.2 Å². The van der Waals surface area contributed by atoms with Crippen LogP contribution in [0.15, 0.2) is 41.0 Å². The average molecular weight is 652 g/mol. The molecule has 1 aliphatic rings. The van der Waals surface area contributed by atoms with Crippen molar-refractivity contribution in [1.29, 1.82) is 0 Å².